The number of aliphatic carboxylic acids is 1. The largest absolute Gasteiger partial charge is 0.480 e. The van der Waals surface area contributed by atoms with Gasteiger partial charge in [0.25, 0.3) is 0 Å². The van der Waals surface area contributed by atoms with Crippen LogP contribution in [0.1, 0.15) is 52.4 Å². The highest BCUT2D eigenvalue weighted by Crippen LogP contribution is 2.20. The van der Waals surface area contributed by atoms with Crippen molar-refractivity contribution in [2.45, 2.75) is 70.5 Å². The first-order valence-corrected chi connectivity index (χ1v) is 9.12. The number of likely N-dealkylation sites (tertiary alicyclic amines) is 1. The number of hydrogen-bond acceptors (Lipinski definition) is 5. The lowest BCUT2D eigenvalue weighted by atomic mass is 9.98. The number of carbonyl (C=O) groups is 3. The van der Waals surface area contributed by atoms with Crippen molar-refractivity contribution in [1.29, 1.82) is 0 Å². The molecule has 1 heterocycles. The summed E-state index contributed by atoms with van der Waals surface area (Å²) in [7, 11) is 0. The maximum atomic E-state index is 12.6. The molecule has 8 heteroatoms. The van der Waals surface area contributed by atoms with Crippen molar-refractivity contribution in [2.24, 2.45) is 17.4 Å². The molecule has 4 atom stereocenters. The molecular formula is C17H32N4O4. The summed E-state index contributed by atoms with van der Waals surface area (Å²) in [5.41, 5.74) is 11.4. The summed E-state index contributed by atoms with van der Waals surface area (Å²) in [6, 6.07) is -2.24. The van der Waals surface area contributed by atoms with Gasteiger partial charge in [-0.15, -0.1) is 0 Å². The Morgan fingerprint density at radius 2 is 2.00 bits per heavy atom. The van der Waals surface area contributed by atoms with Crippen molar-refractivity contribution in [2.75, 3.05) is 13.1 Å². The van der Waals surface area contributed by atoms with E-state index in [2.05, 4.69) is 5.32 Å². The molecule has 1 aliphatic heterocycles. The minimum Gasteiger partial charge on any atom is -0.480 e. The molecule has 0 aliphatic carbocycles. The molecule has 0 unspecified atom stereocenters. The van der Waals surface area contributed by atoms with E-state index in [1.54, 1.807) is 6.92 Å². The lowest BCUT2D eigenvalue weighted by molar-refractivity contribution is -0.145. The first-order chi connectivity index (χ1) is 11.8. The summed E-state index contributed by atoms with van der Waals surface area (Å²) in [6.07, 6.45) is 3.98. The number of amides is 2. The molecule has 25 heavy (non-hydrogen) atoms. The van der Waals surface area contributed by atoms with Gasteiger partial charge in [0.2, 0.25) is 11.8 Å². The molecular weight excluding hydrogens is 324 g/mol. The van der Waals surface area contributed by atoms with Gasteiger partial charge in [-0.2, -0.15) is 0 Å². The second-order valence-corrected chi connectivity index (χ2v) is 6.79. The lowest BCUT2D eigenvalue weighted by Gasteiger charge is -2.29. The highest BCUT2D eigenvalue weighted by molar-refractivity contribution is 5.92. The van der Waals surface area contributed by atoms with Crippen molar-refractivity contribution in [1.82, 2.24) is 10.2 Å². The highest BCUT2D eigenvalue weighted by Gasteiger charge is 2.38. The van der Waals surface area contributed by atoms with Crippen molar-refractivity contribution in [3.63, 3.8) is 0 Å². The normalized spacial score (nSPS) is 20.8. The second kappa shape index (κ2) is 10.4. The summed E-state index contributed by atoms with van der Waals surface area (Å²) in [6.45, 7) is 4.69. The Kier molecular flexibility index (Phi) is 8.85. The van der Waals surface area contributed by atoms with Crippen LogP contribution >= 0.6 is 0 Å². The maximum Gasteiger partial charge on any atom is 0.326 e. The molecule has 1 saturated heterocycles. The average Bonchev–Trinajstić information content (AvgIpc) is 3.07. The van der Waals surface area contributed by atoms with Crippen molar-refractivity contribution in [3.8, 4) is 0 Å². The number of carboxylic acids is 1. The fourth-order valence-electron chi connectivity index (χ4n) is 3.08. The number of hydrogen-bond donors (Lipinski definition) is 4. The Morgan fingerprint density at radius 3 is 2.56 bits per heavy atom. The number of unbranched alkanes of at least 4 members (excludes halogenated alkanes) is 1. The van der Waals surface area contributed by atoms with Gasteiger partial charge < -0.3 is 26.8 Å². The zero-order valence-electron chi connectivity index (χ0n) is 15.2. The predicted octanol–water partition coefficient (Wildman–Crippen LogP) is 0.0492. The number of nitrogens with one attached hydrogen (secondary N) is 1. The first-order valence-electron chi connectivity index (χ1n) is 9.12. The number of nitrogens with zero attached hydrogens (tertiary/aromatic N) is 1. The van der Waals surface area contributed by atoms with Crippen LogP contribution in [0.25, 0.3) is 0 Å². The standard InChI is InChI=1S/C17H32N4O4/c1-3-11(2)14(17(24)25)20-15(22)13-8-6-10-21(13)16(23)12(19)7-4-5-9-18/h11-14H,3-10,18-19H2,1-2H3,(H,20,22)(H,24,25)/t11-,12-,13-,14-/m0/s1. The SMILES string of the molecule is CC[C@H](C)[C@H](NC(=O)[C@@H]1CCCN1C(=O)[C@@H](N)CCCCN)C(=O)O. The summed E-state index contributed by atoms with van der Waals surface area (Å²) >= 11 is 0. The third-order valence-electron chi connectivity index (χ3n) is 4.90. The molecule has 0 aromatic carbocycles. The van der Waals surface area contributed by atoms with E-state index in [9.17, 15) is 19.5 Å². The van der Waals surface area contributed by atoms with Crippen LogP contribution in [0.2, 0.25) is 0 Å². The summed E-state index contributed by atoms with van der Waals surface area (Å²) in [5.74, 6) is -1.90. The van der Waals surface area contributed by atoms with E-state index < -0.39 is 30.0 Å². The molecule has 1 rings (SSSR count). The average molecular weight is 356 g/mol. The molecule has 0 spiro atoms. The van der Waals surface area contributed by atoms with Gasteiger partial charge in [0, 0.05) is 6.54 Å². The summed E-state index contributed by atoms with van der Waals surface area (Å²) < 4.78 is 0. The van der Waals surface area contributed by atoms with Gasteiger partial charge in [-0.25, -0.2) is 4.79 Å². The first kappa shape index (κ1) is 21.4. The van der Waals surface area contributed by atoms with Gasteiger partial charge >= 0.3 is 5.97 Å². The van der Waals surface area contributed by atoms with Gasteiger partial charge in [-0.05, 0) is 38.1 Å². The van der Waals surface area contributed by atoms with Crippen LogP contribution in [0.3, 0.4) is 0 Å². The van der Waals surface area contributed by atoms with Crippen molar-refractivity contribution < 1.29 is 19.5 Å². The monoisotopic (exact) mass is 356 g/mol. The molecule has 0 bridgehead atoms. The fourth-order valence-corrected chi connectivity index (χ4v) is 3.08. The Hall–Kier alpha value is -1.67. The van der Waals surface area contributed by atoms with Gasteiger partial charge in [0.05, 0.1) is 6.04 Å². The van der Waals surface area contributed by atoms with Crippen molar-refractivity contribution in [3.05, 3.63) is 0 Å². The molecule has 6 N–H and O–H groups in total. The number of carbonyl (C=O) groups excluding carboxylic acids is 2. The smallest absolute Gasteiger partial charge is 0.326 e. The topological polar surface area (TPSA) is 139 Å². The Labute approximate surface area is 149 Å². The number of nitrogens with two attached hydrogens (primary N) is 2. The number of carboxylic acid groups (broad SMARTS) is 1. The molecule has 0 aromatic heterocycles. The van der Waals surface area contributed by atoms with E-state index in [1.165, 1.54) is 4.90 Å². The van der Waals surface area contributed by atoms with E-state index in [0.29, 0.717) is 38.8 Å². The van der Waals surface area contributed by atoms with Gasteiger partial charge in [-0.1, -0.05) is 26.7 Å². The molecule has 2 amide bonds. The van der Waals surface area contributed by atoms with Crippen LogP contribution in [0, 0.1) is 5.92 Å². The summed E-state index contributed by atoms with van der Waals surface area (Å²) in [4.78, 5) is 38.0. The van der Waals surface area contributed by atoms with Crippen LogP contribution < -0.4 is 16.8 Å². The number of rotatable bonds is 10. The zero-order chi connectivity index (χ0) is 19.0. The fraction of sp³-hybridized carbons (Fsp3) is 0.824. The van der Waals surface area contributed by atoms with Gasteiger partial charge in [0.15, 0.2) is 0 Å². The van der Waals surface area contributed by atoms with Crippen LogP contribution in [-0.4, -0.2) is 59.0 Å². The Morgan fingerprint density at radius 1 is 1.32 bits per heavy atom. The van der Waals surface area contributed by atoms with Crippen molar-refractivity contribution >= 4 is 17.8 Å². The third kappa shape index (κ3) is 5.97. The lowest BCUT2D eigenvalue weighted by Crippen LogP contribution is -2.55. The second-order valence-electron chi connectivity index (χ2n) is 6.79. The van der Waals surface area contributed by atoms with E-state index in [1.807, 2.05) is 6.92 Å². The van der Waals surface area contributed by atoms with Crippen LogP contribution in [0.4, 0.5) is 0 Å². The van der Waals surface area contributed by atoms with E-state index in [4.69, 9.17) is 11.5 Å². The van der Waals surface area contributed by atoms with Gasteiger partial charge in [0.1, 0.15) is 12.1 Å². The summed E-state index contributed by atoms with van der Waals surface area (Å²) in [5, 5.41) is 11.9. The molecule has 0 aromatic rings. The molecule has 144 valence electrons. The zero-order valence-corrected chi connectivity index (χ0v) is 15.2. The molecule has 1 fully saturated rings. The Balaban J connectivity index is 2.70. The van der Waals surface area contributed by atoms with E-state index in [-0.39, 0.29) is 11.8 Å². The van der Waals surface area contributed by atoms with Crippen LogP contribution in [0.15, 0.2) is 0 Å². The minimum absolute atomic E-state index is 0.189. The minimum atomic E-state index is -1.06. The van der Waals surface area contributed by atoms with E-state index in [0.717, 1.165) is 12.8 Å². The molecule has 8 nitrogen and oxygen atoms in total. The van der Waals surface area contributed by atoms with Gasteiger partial charge in [-0.3, -0.25) is 9.59 Å². The molecule has 1 aliphatic rings. The van der Waals surface area contributed by atoms with E-state index >= 15 is 0 Å². The van der Waals surface area contributed by atoms with Crippen LogP contribution in [0.5, 0.6) is 0 Å². The van der Waals surface area contributed by atoms with Crippen LogP contribution in [-0.2, 0) is 14.4 Å². The third-order valence-corrected chi connectivity index (χ3v) is 4.90. The predicted molar refractivity (Wildman–Crippen MR) is 94.6 cm³/mol. The maximum absolute atomic E-state index is 12.6. The highest BCUT2D eigenvalue weighted by atomic mass is 16.4. The Bertz CT molecular complexity index is 472. The molecule has 0 radical (unpaired) electrons. The molecule has 0 saturated carbocycles. The quantitative estimate of drug-likeness (QED) is 0.408.